The fourth-order valence-electron chi connectivity index (χ4n) is 3.81. The highest BCUT2D eigenvalue weighted by atomic mass is 15.3. The lowest BCUT2D eigenvalue weighted by atomic mass is 10.1. The molecule has 0 unspecified atom stereocenters. The van der Waals surface area contributed by atoms with Crippen molar-refractivity contribution in [2.75, 3.05) is 24.5 Å². The van der Waals surface area contributed by atoms with Crippen molar-refractivity contribution in [1.82, 2.24) is 35.3 Å². The van der Waals surface area contributed by atoms with Gasteiger partial charge in [0.2, 0.25) is 0 Å². The third kappa shape index (κ3) is 3.36. The normalized spacial score (nSPS) is 17.2. The Kier molecular flexibility index (Phi) is 4.48. The highest BCUT2D eigenvalue weighted by Gasteiger charge is 2.18. The Morgan fingerprint density at radius 3 is 2.97 bits per heavy atom. The number of aromatic nitrogens is 6. The van der Waals surface area contributed by atoms with Gasteiger partial charge >= 0.3 is 0 Å². The molecule has 0 radical (unpaired) electrons. The van der Waals surface area contributed by atoms with Crippen LogP contribution in [0.3, 0.4) is 0 Å². The molecule has 5 heterocycles. The summed E-state index contributed by atoms with van der Waals surface area (Å²) in [6.07, 6.45) is 5.69. The van der Waals surface area contributed by atoms with Gasteiger partial charge in [-0.05, 0) is 32.0 Å². The molecule has 0 amide bonds. The topological polar surface area (TPSA) is 87.5 Å². The van der Waals surface area contributed by atoms with E-state index in [1.165, 1.54) is 0 Å². The molecule has 0 spiro atoms. The van der Waals surface area contributed by atoms with E-state index in [0.29, 0.717) is 6.04 Å². The second kappa shape index (κ2) is 7.29. The molecule has 4 aromatic rings. The smallest absolute Gasteiger partial charge is 0.129 e. The highest BCUT2D eigenvalue weighted by molar-refractivity contribution is 5.93. The molecular formula is C21H24N8. The van der Waals surface area contributed by atoms with Crippen molar-refractivity contribution in [2.45, 2.75) is 26.4 Å². The Morgan fingerprint density at radius 2 is 2.14 bits per heavy atom. The van der Waals surface area contributed by atoms with Gasteiger partial charge in [-0.25, -0.2) is 4.98 Å². The molecule has 29 heavy (non-hydrogen) atoms. The van der Waals surface area contributed by atoms with E-state index in [0.717, 1.165) is 65.5 Å². The van der Waals surface area contributed by atoms with E-state index >= 15 is 0 Å². The van der Waals surface area contributed by atoms with E-state index in [4.69, 9.17) is 4.98 Å². The molecule has 1 saturated heterocycles. The number of nitrogens with zero attached hydrogens (tertiary/aromatic N) is 6. The van der Waals surface area contributed by atoms with Gasteiger partial charge < -0.3 is 10.2 Å². The zero-order chi connectivity index (χ0) is 19.8. The van der Waals surface area contributed by atoms with Crippen LogP contribution in [0.5, 0.6) is 0 Å². The van der Waals surface area contributed by atoms with Gasteiger partial charge in [-0.1, -0.05) is 6.07 Å². The third-order valence-electron chi connectivity index (χ3n) is 5.37. The number of aryl methyl sites for hydroxylation is 1. The zero-order valence-corrected chi connectivity index (χ0v) is 16.6. The second-order valence-electron chi connectivity index (χ2n) is 7.45. The molecule has 0 aromatic carbocycles. The predicted octanol–water partition coefficient (Wildman–Crippen LogP) is 2.70. The first-order valence-electron chi connectivity index (χ1n) is 10.0. The van der Waals surface area contributed by atoms with Crippen LogP contribution in [0.25, 0.3) is 33.5 Å². The summed E-state index contributed by atoms with van der Waals surface area (Å²) in [5.41, 5.74) is 4.48. The van der Waals surface area contributed by atoms with Crippen LogP contribution in [0, 0.1) is 0 Å². The highest BCUT2D eigenvalue weighted by Crippen LogP contribution is 2.29. The van der Waals surface area contributed by atoms with E-state index in [-0.39, 0.29) is 0 Å². The number of rotatable bonds is 4. The summed E-state index contributed by atoms with van der Waals surface area (Å²) >= 11 is 0. The summed E-state index contributed by atoms with van der Waals surface area (Å²) in [7, 11) is 0. The molecule has 5 rings (SSSR count). The van der Waals surface area contributed by atoms with Crippen LogP contribution < -0.4 is 10.2 Å². The summed E-state index contributed by atoms with van der Waals surface area (Å²) < 4.78 is 1.90. The zero-order valence-electron chi connectivity index (χ0n) is 16.6. The van der Waals surface area contributed by atoms with E-state index < -0.39 is 0 Å². The average molecular weight is 388 g/mol. The minimum absolute atomic E-state index is 0.457. The molecule has 0 bridgehead atoms. The number of piperazine rings is 1. The fraction of sp³-hybridized carbons (Fsp3) is 0.333. The molecule has 1 aliphatic rings. The van der Waals surface area contributed by atoms with Crippen molar-refractivity contribution in [2.24, 2.45) is 0 Å². The molecule has 0 saturated carbocycles. The Bertz CT molecular complexity index is 1140. The first-order valence-corrected chi connectivity index (χ1v) is 10.0. The van der Waals surface area contributed by atoms with Gasteiger partial charge in [0.1, 0.15) is 11.5 Å². The minimum Gasteiger partial charge on any atom is -0.354 e. The molecule has 2 N–H and O–H groups in total. The first kappa shape index (κ1) is 17.8. The maximum atomic E-state index is 4.92. The summed E-state index contributed by atoms with van der Waals surface area (Å²) in [6.45, 7) is 7.98. The SMILES string of the molecule is CCn1cc(-c2cc3c(-c4cccc(N5CCN[C@H](C)C5)n4)n[nH]c3cn2)cn1. The molecule has 1 atom stereocenters. The number of hydrogen-bond acceptors (Lipinski definition) is 6. The van der Waals surface area contributed by atoms with E-state index in [1.54, 1.807) is 0 Å². The first-order chi connectivity index (χ1) is 14.2. The molecular weight excluding hydrogens is 364 g/mol. The largest absolute Gasteiger partial charge is 0.354 e. The average Bonchev–Trinajstić information content (AvgIpc) is 3.40. The lowest BCUT2D eigenvalue weighted by molar-refractivity contribution is 0.482. The van der Waals surface area contributed by atoms with E-state index in [2.05, 4.69) is 62.5 Å². The van der Waals surface area contributed by atoms with Crippen LogP contribution in [0.4, 0.5) is 5.82 Å². The van der Waals surface area contributed by atoms with Crippen LogP contribution in [-0.4, -0.2) is 55.6 Å². The Labute approximate surface area is 169 Å². The quantitative estimate of drug-likeness (QED) is 0.559. The predicted molar refractivity (Wildman–Crippen MR) is 114 cm³/mol. The number of pyridine rings is 2. The van der Waals surface area contributed by atoms with Gasteiger partial charge in [0.15, 0.2) is 0 Å². The monoisotopic (exact) mass is 388 g/mol. The number of hydrogen-bond donors (Lipinski definition) is 2. The van der Waals surface area contributed by atoms with Gasteiger partial charge in [-0.2, -0.15) is 10.2 Å². The van der Waals surface area contributed by atoms with E-state index in [9.17, 15) is 0 Å². The standard InChI is InChI=1S/C21H24N8/c1-3-29-13-15(10-24-29)18-9-16-19(11-23-18)26-27-21(16)17-5-4-6-20(25-17)28-8-7-22-14(2)12-28/h4-6,9-11,13-14,22H,3,7-8,12H2,1-2H3,(H,26,27)/t14-/m1/s1. The number of fused-ring (bicyclic) bond motifs is 1. The van der Waals surface area contributed by atoms with Gasteiger partial charge in [0.05, 0.1) is 29.3 Å². The summed E-state index contributed by atoms with van der Waals surface area (Å²) in [4.78, 5) is 11.8. The van der Waals surface area contributed by atoms with Crippen LogP contribution in [0.1, 0.15) is 13.8 Å². The Morgan fingerprint density at radius 1 is 1.21 bits per heavy atom. The minimum atomic E-state index is 0.457. The number of nitrogens with one attached hydrogen (secondary N) is 2. The lowest BCUT2D eigenvalue weighted by Crippen LogP contribution is -2.49. The molecule has 1 fully saturated rings. The fourth-order valence-corrected chi connectivity index (χ4v) is 3.81. The molecule has 1 aliphatic heterocycles. The van der Waals surface area contributed by atoms with Crippen molar-refractivity contribution in [1.29, 1.82) is 0 Å². The Balaban J connectivity index is 1.53. The lowest BCUT2D eigenvalue weighted by Gasteiger charge is -2.32. The number of aromatic amines is 1. The molecule has 8 nitrogen and oxygen atoms in total. The van der Waals surface area contributed by atoms with Gasteiger partial charge in [-0.3, -0.25) is 14.8 Å². The van der Waals surface area contributed by atoms with E-state index in [1.807, 2.05) is 29.3 Å². The second-order valence-corrected chi connectivity index (χ2v) is 7.45. The summed E-state index contributed by atoms with van der Waals surface area (Å²) in [5, 5.41) is 16.5. The molecule has 8 heteroatoms. The summed E-state index contributed by atoms with van der Waals surface area (Å²) in [5.74, 6) is 0.991. The van der Waals surface area contributed by atoms with Gasteiger partial charge in [0, 0.05) is 49.4 Å². The van der Waals surface area contributed by atoms with Crippen LogP contribution in [0.2, 0.25) is 0 Å². The number of anilines is 1. The number of H-pyrrole nitrogens is 1. The molecule has 4 aromatic heterocycles. The van der Waals surface area contributed by atoms with Crippen molar-refractivity contribution < 1.29 is 0 Å². The Hall–Kier alpha value is -3.26. The molecule has 0 aliphatic carbocycles. The van der Waals surface area contributed by atoms with Crippen molar-refractivity contribution in [3.05, 3.63) is 42.9 Å². The van der Waals surface area contributed by atoms with Crippen molar-refractivity contribution in [3.8, 4) is 22.6 Å². The summed E-state index contributed by atoms with van der Waals surface area (Å²) in [6, 6.07) is 8.66. The maximum Gasteiger partial charge on any atom is 0.129 e. The van der Waals surface area contributed by atoms with Crippen molar-refractivity contribution in [3.63, 3.8) is 0 Å². The van der Waals surface area contributed by atoms with Crippen LogP contribution in [0.15, 0.2) is 42.9 Å². The third-order valence-corrected chi connectivity index (χ3v) is 5.37. The van der Waals surface area contributed by atoms with Gasteiger partial charge in [-0.15, -0.1) is 0 Å². The maximum absolute atomic E-state index is 4.92. The van der Waals surface area contributed by atoms with Gasteiger partial charge in [0.25, 0.3) is 0 Å². The van der Waals surface area contributed by atoms with Crippen LogP contribution in [-0.2, 0) is 6.54 Å². The molecule has 148 valence electrons. The van der Waals surface area contributed by atoms with Crippen LogP contribution >= 0.6 is 0 Å². The van der Waals surface area contributed by atoms with Crippen molar-refractivity contribution >= 4 is 16.7 Å².